The monoisotopic (exact) mass is 112 g/mol. The Morgan fingerprint density at radius 2 is 2.38 bits per heavy atom. The molecule has 0 aliphatic heterocycles. The molecule has 0 aliphatic carbocycles. The van der Waals surface area contributed by atoms with Crippen LogP contribution in [0.2, 0.25) is 0 Å². The summed E-state index contributed by atoms with van der Waals surface area (Å²) in [4.78, 5) is 3.93. The maximum absolute atomic E-state index is 5.30. The summed E-state index contributed by atoms with van der Waals surface area (Å²) in [6.45, 7) is 4.64. The molecule has 0 aromatic carbocycles. The minimum atomic E-state index is 0.794. The predicted molar refractivity (Wildman–Crippen MR) is 37.0 cm³/mol. The van der Waals surface area contributed by atoms with Crippen molar-refractivity contribution in [3.05, 3.63) is 11.8 Å². The van der Waals surface area contributed by atoms with E-state index in [0.717, 1.165) is 12.2 Å². The summed E-state index contributed by atoms with van der Waals surface area (Å²) in [7, 11) is 0. The normalized spacial score (nSPS) is 13.0. The molecule has 8 heavy (non-hydrogen) atoms. The summed E-state index contributed by atoms with van der Waals surface area (Å²) >= 11 is 0. The molecule has 0 rings (SSSR count). The molecule has 0 radical (unpaired) electrons. The fourth-order valence-electron chi connectivity index (χ4n) is 0.276. The summed E-state index contributed by atoms with van der Waals surface area (Å²) < 4.78 is 0. The quantitative estimate of drug-likeness (QED) is 0.530. The standard InChI is InChI=1S/C6H12N2/c1-3-8-5-4-6(2)7/h4-5H,3,7H2,1-2H3/b6-4-,8-5?. The van der Waals surface area contributed by atoms with Gasteiger partial charge >= 0.3 is 0 Å². The van der Waals surface area contributed by atoms with Gasteiger partial charge < -0.3 is 5.73 Å². The van der Waals surface area contributed by atoms with E-state index in [1.807, 2.05) is 13.8 Å². The molecular formula is C6H12N2. The Labute approximate surface area is 50.1 Å². The van der Waals surface area contributed by atoms with Crippen LogP contribution in [0.15, 0.2) is 16.8 Å². The fourth-order valence-corrected chi connectivity index (χ4v) is 0.276. The van der Waals surface area contributed by atoms with E-state index >= 15 is 0 Å². The lowest BCUT2D eigenvalue weighted by atomic mass is 10.5. The molecule has 0 saturated carbocycles. The van der Waals surface area contributed by atoms with Crippen LogP contribution in [-0.2, 0) is 0 Å². The second kappa shape index (κ2) is 4.37. The summed E-state index contributed by atoms with van der Waals surface area (Å²) in [5, 5.41) is 0. The number of hydrogen-bond acceptors (Lipinski definition) is 2. The van der Waals surface area contributed by atoms with E-state index in [4.69, 9.17) is 5.73 Å². The molecule has 0 spiro atoms. The van der Waals surface area contributed by atoms with Crippen LogP contribution in [0.25, 0.3) is 0 Å². The van der Waals surface area contributed by atoms with Crippen molar-refractivity contribution in [3.8, 4) is 0 Å². The average Bonchev–Trinajstić information content (AvgIpc) is 1.66. The number of aliphatic imine (C=N–C) groups is 1. The van der Waals surface area contributed by atoms with Crippen LogP contribution in [0.3, 0.4) is 0 Å². The van der Waals surface area contributed by atoms with Crippen molar-refractivity contribution in [1.29, 1.82) is 0 Å². The zero-order valence-electron chi connectivity index (χ0n) is 5.39. The van der Waals surface area contributed by atoms with Crippen LogP contribution < -0.4 is 5.73 Å². The Morgan fingerprint density at radius 1 is 1.75 bits per heavy atom. The van der Waals surface area contributed by atoms with E-state index < -0.39 is 0 Å². The first kappa shape index (κ1) is 7.21. The Kier molecular flexibility index (Phi) is 3.94. The van der Waals surface area contributed by atoms with Crippen molar-refractivity contribution in [2.45, 2.75) is 13.8 Å². The molecule has 2 heteroatoms. The number of nitrogens with zero attached hydrogens (tertiary/aromatic N) is 1. The van der Waals surface area contributed by atoms with Gasteiger partial charge in [0.2, 0.25) is 0 Å². The minimum Gasteiger partial charge on any atom is -0.402 e. The van der Waals surface area contributed by atoms with E-state index in [0.29, 0.717) is 0 Å². The lowest BCUT2D eigenvalue weighted by Crippen LogP contribution is -1.89. The van der Waals surface area contributed by atoms with Gasteiger partial charge in [0.25, 0.3) is 0 Å². The van der Waals surface area contributed by atoms with Gasteiger partial charge in [-0.1, -0.05) is 0 Å². The average molecular weight is 112 g/mol. The van der Waals surface area contributed by atoms with Crippen molar-refractivity contribution in [1.82, 2.24) is 0 Å². The van der Waals surface area contributed by atoms with Gasteiger partial charge in [0.15, 0.2) is 0 Å². The zero-order valence-corrected chi connectivity index (χ0v) is 5.39. The van der Waals surface area contributed by atoms with Gasteiger partial charge in [-0.25, -0.2) is 0 Å². The van der Waals surface area contributed by atoms with Crippen LogP contribution in [0.4, 0.5) is 0 Å². The first-order valence-corrected chi connectivity index (χ1v) is 2.69. The summed E-state index contributed by atoms with van der Waals surface area (Å²) in [6.07, 6.45) is 3.50. The van der Waals surface area contributed by atoms with Crippen LogP contribution in [0, 0.1) is 0 Å². The molecular weight excluding hydrogens is 100 g/mol. The zero-order chi connectivity index (χ0) is 6.41. The van der Waals surface area contributed by atoms with Crippen molar-refractivity contribution in [2.24, 2.45) is 10.7 Å². The molecule has 2 N–H and O–H groups in total. The summed E-state index contributed by atoms with van der Waals surface area (Å²) in [5.74, 6) is 0. The van der Waals surface area contributed by atoms with Crippen LogP contribution in [0.5, 0.6) is 0 Å². The molecule has 0 bridgehead atoms. The number of nitrogens with two attached hydrogens (primary N) is 1. The first-order valence-electron chi connectivity index (χ1n) is 2.69. The van der Waals surface area contributed by atoms with Gasteiger partial charge in [-0.2, -0.15) is 0 Å². The van der Waals surface area contributed by atoms with Gasteiger partial charge in [-0.3, -0.25) is 4.99 Å². The van der Waals surface area contributed by atoms with E-state index in [1.165, 1.54) is 0 Å². The Balaban J connectivity index is 3.42. The van der Waals surface area contributed by atoms with E-state index in [2.05, 4.69) is 4.99 Å². The van der Waals surface area contributed by atoms with Crippen molar-refractivity contribution >= 4 is 6.21 Å². The largest absolute Gasteiger partial charge is 0.402 e. The maximum Gasteiger partial charge on any atom is 0.0360 e. The number of hydrogen-bond donors (Lipinski definition) is 1. The van der Waals surface area contributed by atoms with E-state index in [-0.39, 0.29) is 0 Å². The SMILES string of the molecule is CCN=C/C=C(/C)N. The lowest BCUT2D eigenvalue weighted by Gasteiger charge is -1.81. The number of allylic oxidation sites excluding steroid dienone is 2. The molecule has 0 aliphatic rings. The lowest BCUT2D eigenvalue weighted by molar-refractivity contribution is 1.14. The smallest absolute Gasteiger partial charge is 0.0360 e. The molecule has 0 atom stereocenters. The number of rotatable bonds is 2. The summed E-state index contributed by atoms with van der Waals surface area (Å²) in [5.41, 5.74) is 6.10. The van der Waals surface area contributed by atoms with E-state index in [1.54, 1.807) is 12.3 Å². The highest BCUT2D eigenvalue weighted by molar-refractivity contribution is 5.71. The van der Waals surface area contributed by atoms with Gasteiger partial charge in [0.1, 0.15) is 0 Å². The molecule has 0 heterocycles. The molecule has 2 nitrogen and oxygen atoms in total. The fraction of sp³-hybridized carbons (Fsp3) is 0.500. The first-order chi connectivity index (χ1) is 3.77. The molecule has 0 aromatic rings. The third kappa shape index (κ3) is 5.21. The topological polar surface area (TPSA) is 38.4 Å². The third-order valence-corrected chi connectivity index (χ3v) is 0.625. The van der Waals surface area contributed by atoms with Crippen LogP contribution in [-0.4, -0.2) is 12.8 Å². The molecule has 0 saturated heterocycles. The highest BCUT2D eigenvalue weighted by Crippen LogP contribution is 1.74. The molecule has 0 unspecified atom stereocenters. The van der Waals surface area contributed by atoms with Gasteiger partial charge in [0, 0.05) is 18.5 Å². The molecule has 0 aromatic heterocycles. The molecule has 0 amide bonds. The van der Waals surface area contributed by atoms with Crippen molar-refractivity contribution in [3.63, 3.8) is 0 Å². The van der Waals surface area contributed by atoms with Crippen molar-refractivity contribution in [2.75, 3.05) is 6.54 Å². The third-order valence-electron chi connectivity index (χ3n) is 0.625. The van der Waals surface area contributed by atoms with Crippen LogP contribution in [0.1, 0.15) is 13.8 Å². The highest BCUT2D eigenvalue weighted by atomic mass is 14.7. The minimum absolute atomic E-state index is 0.794. The van der Waals surface area contributed by atoms with Gasteiger partial charge in [-0.05, 0) is 19.9 Å². The second-order valence-corrected chi connectivity index (χ2v) is 1.56. The molecule has 46 valence electrons. The molecule has 0 fully saturated rings. The maximum atomic E-state index is 5.30. The summed E-state index contributed by atoms with van der Waals surface area (Å²) in [6, 6.07) is 0. The van der Waals surface area contributed by atoms with Crippen LogP contribution >= 0.6 is 0 Å². The van der Waals surface area contributed by atoms with Gasteiger partial charge in [-0.15, -0.1) is 0 Å². The predicted octanol–water partition coefficient (Wildman–Crippen LogP) is 0.940. The Morgan fingerprint density at radius 3 is 2.75 bits per heavy atom. The highest BCUT2D eigenvalue weighted by Gasteiger charge is 1.68. The second-order valence-electron chi connectivity index (χ2n) is 1.56. The Hall–Kier alpha value is -0.790. The van der Waals surface area contributed by atoms with E-state index in [9.17, 15) is 0 Å². The Bertz CT molecular complexity index is 99.1. The van der Waals surface area contributed by atoms with Crippen molar-refractivity contribution < 1.29 is 0 Å². The van der Waals surface area contributed by atoms with Gasteiger partial charge in [0.05, 0.1) is 0 Å².